The van der Waals surface area contributed by atoms with E-state index < -0.39 is 0 Å². The average Bonchev–Trinajstić information content (AvgIpc) is 2.67. The van der Waals surface area contributed by atoms with Crippen molar-refractivity contribution in [1.29, 1.82) is 0 Å². The van der Waals surface area contributed by atoms with E-state index in [1.165, 1.54) is 5.56 Å². The maximum Gasteiger partial charge on any atom is 0.294 e. The van der Waals surface area contributed by atoms with E-state index in [-0.39, 0.29) is 17.7 Å². The van der Waals surface area contributed by atoms with Crippen molar-refractivity contribution in [2.45, 2.75) is 19.8 Å². The highest BCUT2D eigenvalue weighted by atomic mass is 32.2. The molecule has 0 bridgehead atoms. The summed E-state index contributed by atoms with van der Waals surface area (Å²) >= 11 is 0.930. The molecule has 0 spiro atoms. The molecule has 0 radical (unpaired) electrons. The summed E-state index contributed by atoms with van der Waals surface area (Å²) in [6, 6.07) is 7.96. The Hall–Kier alpha value is -1.99. The lowest BCUT2D eigenvalue weighted by molar-refractivity contribution is -0.122. The fourth-order valence-corrected chi connectivity index (χ4v) is 2.69. The molecule has 102 valence electrons. The van der Waals surface area contributed by atoms with Crippen molar-refractivity contribution in [3.63, 3.8) is 0 Å². The van der Waals surface area contributed by atoms with Crippen molar-refractivity contribution >= 4 is 29.0 Å². The summed E-state index contributed by atoms with van der Waals surface area (Å²) in [5.74, 6) is 2.47. The third-order valence-corrected chi connectivity index (χ3v) is 3.93. The molecule has 1 heterocycles. The van der Waals surface area contributed by atoms with Gasteiger partial charge in [0.15, 0.2) is 0 Å². The number of hydrogen-bond donors (Lipinski definition) is 0. The minimum Gasteiger partial charge on any atom is -0.268 e. The predicted molar refractivity (Wildman–Crippen MR) is 82.0 cm³/mol. The molecular weight excluding hydrogens is 270 g/mol. The number of amides is 2. The number of nitrogens with zero attached hydrogens (tertiary/aromatic N) is 1. The molecule has 2 rings (SSSR count). The van der Waals surface area contributed by atoms with Crippen LogP contribution in [-0.4, -0.2) is 22.6 Å². The Morgan fingerprint density at radius 2 is 1.95 bits per heavy atom. The van der Waals surface area contributed by atoms with E-state index >= 15 is 0 Å². The lowest BCUT2D eigenvalue weighted by Crippen LogP contribution is -2.28. The van der Waals surface area contributed by atoms with Crippen molar-refractivity contribution in [1.82, 2.24) is 4.90 Å². The highest BCUT2D eigenvalue weighted by molar-refractivity contribution is 8.18. The maximum absolute atomic E-state index is 12.0. The molecule has 0 aromatic heterocycles. The van der Waals surface area contributed by atoms with Gasteiger partial charge in [-0.2, -0.15) is 0 Å². The van der Waals surface area contributed by atoms with E-state index in [1.807, 2.05) is 24.3 Å². The van der Waals surface area contributed by atoms with Crippen LogP contribution in [0.5, 0.6) is 0 Å². The van der Waals surface area contributed by atoms with Crippen LogP contribution in [0.1, 0.15) is 30.9 Å². The van der Waals surface area contributed by atoms with Crippen molar-refractivity contribution in [3.8, 4) is 12.3 Å². The van der Waals surface area contributed by atoms with Crippen LogP contribution in [-0.2, 0) is 4.79 Å². The Morgan fingerprint density at radius 3 is 2.50 bits per heavy atom. The molecule has 1 aliphatic rings. The summed E-state index contributed by atoms with van der Waals surface area (Å²) in [4.78, 5) is 25.2. The van der Waals surface area contributed by atoms with E-state index in [4.69, 9.17) is 6.42 Å². The molecule has 4 heteroatoms. The number of hydrogen-bond acceptors (Lipinski definition) is 3. The minimum atomic E-state index is -0.314. The first-order valence-electron chi connectivity index (χ1n) is 6.31. The van der Waals surface area contributed by atoms with Gasteiger partial charge in [-0.1, -0.05) is 44.0 Å². The van der Waals surface area contributed by atoms with Crippen molar-refractivity contribution in [3.05, 3.63) is 40.3 Å². The SMILES string of the molecule is C#CCN1C(=O)SC(=Cc2ccc(C(C)C)cc2)C1=O. The van der Waals surface area contributed by atoms with Gasteiger partial charge in [0.05, 0.1) is 11.4 Å². The molecule has 1 saturated heterocycles. The summed E-state index contributed by atoms with van der Waals surface area (Å²) in [7, 11) is 0. The maximum atomic E-state index is 12.0. The molecule has 1 fully saturated rings. The quantitative estimate of drug-likeness (QED) is 0.630. The molecule has 0 saturated carbocycles. The summed E-state index contributed by atoms with van der Waals surface area (Å²) in [6.45, 7) is 4.27. The Bertz CT molecular complexity index is 608. The molecular formula is C16H15NO2S. The van der Waals surface area contributed by atoms with E-state index in [0.29, 0.717) is 10.8 Å². The van der Waals surface area contributed by atoms with Crippen molar-refractivity contribution in [2.75, 3.05) is 6.54 Å². The van der Waals surface area contributed by atoms with E-state index in [2.05, 4.69) is 19.8 Å². The van der Waals surface area contributed by atoms with Crippen molar-refractivity contribution in [2.24, 2.45) is 0 Å². The highest BCUT2D eigenvalue weighted by Gasteiger charge is 2.34. The largest absolute Gasteiger partial charge is 0.294 e. The second-order valence-corrected chi connectivity index (χ2v) is 5.79. The van der Waals surface area contributed by atoms with Gasteiger partial charge in [-0.25, -0.2) is 0 Å². The first-order chi connectivity index (χ1) is 9.52. The third-order valence-electron chi connectivity index (χ3n) is 3.02. The normalized spacial score (nSPS) is 17.1. The third kappa shape index (κ3) is 2.94. The van der Waals surface area contributed by atoms with Gasteiger partial charge < -0.3 is 0 Å². The Labute approximate surface area is 123 Å². The highest BCUT2D eigenvalue weighted by Crippen LogP contribution is 2.32. The summed E-state index contributed by atoms with van der Waals surface area (Å²) in [5.41, 5.74) is 2.14. The minimum absolute atomic E-state index is 0.0221. The van der Waals surface area contributed by atoms with Crippen LogP contribution in [0.4, 0.5) is 4.79 Å². The van der Waals surface area contributed by atoms with Crippen LogP contribution < -0.4 is 0 Å². The zero-order valence-electron chi connectivity index (χ0n) is 11.4. The molecule has 1 aromatic rings. The van der Waals surface area contributed by atoms with Gasteiger partial charge in [-0.05, 0) is 34.9 Å². The zero-order valence-corrected chi connectivity index (χ0v) is 12.2. The number of carbonyl (C=O) groups excluding carboxylic acids is 2. The first kappa shape index (κ1) is 14.4. The molecule has 1 aliphatic heterocycles. The van der Waals surface area contributed by atoms with Gasteiger partial charge >= 0.3 is 0 Å². The molecule has 1 aromatic carbocycles. The fourth-order valence-electron chi connectivity index (χ4n) is 1.86. The Balaban J connectivity index is 2.22. The molecule has 0 atom stereocenters. The Kier molecular flexibility index (Phi) is 4.31. The number of thioether (sulfide) groups is 1. The first-order valence-corrected chi connectivity index (χ1v) is 7.13. The molecule has 0 aliphatic carbocycles. The van der Waals surface area contributed by atoms with E-state index in [0.717, 1.165) is 22.2 Å². The number of carbonyl (C=O) groups is 2. The van der Waals surface area contributed by atoms with Gasteiger partial charge in [-0.15, -0.1) is 6.42 Å². The molecule has 0 N–H and O–H groups in total. The molecule has 20 heavy (non-hydrogen) atoms. The molecule has 2 amide bonds. The monoisotopic (exact) mass is 285 g/mol. The molecule has 0 unspecified atom stereocenters. The van der Waals surface area contributed by atoms with Gasteiger partial charge in [0.2, 0.25) is 0 Å². The second-order valence-electron chi connectivity index (χ2n) is 4.79. The van der Waals surface area contributed by atoms with Crippen LogP contribution in [0.3, 0.4) is 0 Å². The average molecular weight is 285 g/mol. The lowest BCUT2D eigenvalue weighted by atomic mass is 10.0. The summed E-state index contributed by atoms with van der Waals surface area (Å²) < 4.78 is 0. The second kappa shape index (κ2) is 5.98. The number of rotatable bonds is 3. The van der Waals surface area contributed by atoms with Crippen LogP contribution in [0.15, 0.2) is 29.2 Å². The molecule has 3 nitrogen and oxygen atoms in total. The van der Waals surface area contributed by atoms with Crippen LogP contribution in [0.25, 0.3) is 6.08 Å². The predicted octanol–water partition coefficient (Wildman–Crippen LogP) is 3.48. The summed E-state index contributed by atoms with van der Waals surface area (Å²) in [5, 5.41) is -0.307. The van der Waals surface area contributed by atoms with Gasteiger partial charge in [0, 0.05) is 0 Å². The standard InChI is InChI=1S/C16H15NO2S/c1-4-9-17-15(18)14(20-16(17)19)10-12-5-7-13(8-6-12)11(2)3/h1,5-8,10-11H,9H2,2-3H3. The number of benzene rings is 1. The van der Waals surface area contributed by atoms with E-state index in [1.54, 1.807) is 6.08 Å². The van der Waals surface area contributed by atoms with Gasteiger partial charge in [-0.3, -0.25) is 14.5 Å². The fraction of sp³-hybridized carbons (Fsp3) is 0.250. The Morgan fingerprint density at radius 1 is 1.30 bits per heavy atom. The topological polar surface area (TPSA) is 37.4 Å². The number of terminal acetylenes is 1. The summed E-state index contributed by atoms with van der Waals surface area (Å²) in [6.07, 6.45) is 6.88. The van der Waals surface area contributed by atoms with Gasteiger partial charge in [0.1, 0.15) is 0 Å². The smallest absolute Gasteiger partial charge is 0.268 e. The number of imide groups is 1. The lowest BCUT2D eigenvalue weighted by Gasteiger charge is -2.06. The zero-order chi connectivity index (χ0) is 14.7. The van der Waals surface area contributed by atoms with Crippen molar-refractivity contribution < 1.29 is 9.59 Å². The van der Waals surface area contributed by atoms with Gasteiger partial charge in [0.25, 0.3) is 11.1 Å². The van der Waals surface area contributed by atoms with Crippen LogP contribution in [0.2, 0.25) is 0 Å². The van der Waals surface area contributed by atoms with Crippen LogP contribution >= 0.6 is 11.8 Å². The van der Waals surface area contributed by atoms with Crippen LogP contribution in [0, 0.1) is 12.3 Å². The van der Waals surface area contributed by atoms with E-state index in [9.17, 15) is 9.59 Å².